The number of nitrogens with zero attached hydrogens (tertiary/aromatic N) is 3. The van der Waals surface area contributed by atoms with Crippen LogP contribution in [0.5, 0.6) is 5.75 Å². The van der Waals surface area contributed by atoms with E-state index in [0.717, 1.165) is 11.8 Å². The van der Waals surface area contributed by atoms with Crippen molar-refractivity contribution >= 4 is 51.4 Å². The molecule has 2 aromatic carbocycles. The number of amidine groups is 1. The first-order valence-corrected chi connectivity index (χ1v) is 15.1. The van der Waals surface area contributed by atoms with Gasteiger partial charge in [0.2, 0.25) is 10.0 Å². The number of hydrogen-bond donors (Lipinski definition) is 4. The van der Waals surface area contributed by atoms with Gasteiger partial charge in [0.05, 0.1) is 28.7 Å². The highest BCUT2D eigenvalue weighted by atomic mass is 32.2. The minimum atomic E-state index is -4.47. The minimum absolute atomic E-state index is 0.0768. The Hall–Kier alpha value is -3.77. The van der Waals surface area contributed by atoms with Gasteiger partial charge >= 0.3 is 7.52 Å². The van der Waals surface area contributed by atoms with Crippen molar-refractivity contribution in [3.8, 4) is 16.3 Å². The van der Waals surface area contributed by atoms with E-state index in [9.17, 15) is 27.8 Å². The SMILES string of the molecule is CS(=O)(=O)Nc1ccc2c(c1)P(=O)(O)N=C(c1c(O)c(-c3cccs3)nn(Cc3ccccc3)c1=O)N2. The lowest BCUT2D eigenvalue weighted by Crippen LogP contribution is -2.34. The lowest BCUT2D eigenvalue weighted by atomic mass is 10.1. The number of hydrogen-bond acceptors (Lipinski definition) is 8. The summed E-state index contributed by atoms with van der Waals surface area (Å²) in [6.45, 7) is 0.0898. The van der Waals surface area contributed by atoms with E-state index in [0.29, 0.717) is 4.88 Å². The van der Waals surface area contributed by atoms with Crippen LogP contribution in [-0.4, -0.2) is 40.3 Å². The van der Waals surface area contributed by atoms with Gasteiger partial charge in [-0.2, -0.15) is 9.86 Å². The molecule has 1 aliphatic heterocycles. The first-order valence-electron chi connectivity index (χ1n) is 10.8. The lowest BCUT2D eigenvalue weighted by molar-refractivity contribution is 0.464. The Balaban J connectivity index is 1.66. The number of thiophene rings is 1. The molecule has 2 aromatic heterocycles. The molecule has 0 saturated carbocycles. The molecule has 0 saturated heterocycles. The second-order valence-corrected chi connectivity index (χ2v) is 12.7. The maximum absolute atomic E-state index is 13.5. The molecular formula is C23H20N5O6PS2. The number of rotatable bonds is 6. The Kier molecular flexibility index (Phi) is 6.24. The Labute approximate surface area is 215 Å². The molecule has 0 radical (unpaired) electrons. The Morgan fingerprint density at radius 3 is 2.57 bits per heavy atom. The highest BCUT2D eigenvalue weighted by Crippen LogP contribution is 2.47. The largest absolute Gasteiger partial charge is 0.505 e. The number of anilines is 2. The minimum Gasteiger partial charge on any atom is -0.505 e. The summed E-state index contributed by atoms with van der Waals surface area (Å²) in [5, 5.41) is 20.0. The van der Waals surface area contributed by atoms with Crippen molar-refractivity contribution in [3.63, 3.8) is 0 Å². The molecule has 1 unspecified atom stereocenters. The number of nitrogens with one attached hydrogen (secondary N) is 2. The van der Waals surface area contributed by atoms with E-state index >= 15 is 0 Å². The average molecular weight is 558 g/mol. The third-order valence-corrected chi connectivity index (χ3v) is 8.35. The summed E-state index contributed by atoms with van der Waals surface area (Å²) in [7, 11) is -8.10. The van der Waals surface area contributed by atoms with Crippen molar-refractivity contribution in [2.75, 3.05) is 16.3 Å². The summed E-state index contributed by atoms with van der Waals surface area (Å²) >= 11 is 1.30. The summed E-state index contributed by atoms with van der Waals surface area (Å²) in [5.41, 5.74) is 0.0924. The van der Waals surface area contributed by atoms with Gasteiger partial charge in [0.25, 0.3) is 5.56 Å². The predicted octanol–water partition coefficient (Wildman–Crippen LogP) is 2.78. The molecule has 0 amide bonds. The fourth-order valence-electron chi connectivity index (χ4n) is 3.83. The molecule has 3 heterocycles. The summed E-state index contributed by atoms with van der Waals surface area (Å²) in [6, 6.07) is 16.6. The molecular weight excluding hydrogens is 537 g/mol. The van der Waals surface area contributed by atoms with E-state index in [-0.39, 0.29) is 40.3 Å². The van der Waals surface area contributed by atoms with Crippen molar-refractivity contribution in [1.29, 1.82) is 0 Å². The molecule has 0 fully saturated rings. The molecule has 0 spiro atoms. The van der Waals surface area contributed by atoms with Crippen molar-refractivity contribution in [2.45, 2.75) is 6.54 Å². The molecule has 190 valence electrons. The Bertz CT molecular complexity index is 1750. The molecule has 11 nitrogen and oxygen atoms in total. The van der Waals surface area contributed by atoms with Crippen LogP contribution in [0.4, 0.5) is 11.4 Å². The Morgan fingerprint density at radius 2 is 1.89 bits per heavy atom. The van der Waals surface area contributed by atoms with Gasteiger partial charge in [0, 0.05) is 5.69 Å². The molecule has 4 aromatic rings. The monoisotopic (exact) mass is 557 g/mol. The highest BCUT2D eigenvalue weighted by Gasteiger charge is 2.34. The fourth-order valence-corrected chi connectivity index (χ4v) is 6.37. The highest BCUT2D eigenvalue weighted by molar-refractivity contribution is 7.92. The van der Waals surface area contributed by atoms with Crippen LogP contribution in [-0.2, 0) is 21.1 Å². The first-order chi connectivity index (χ1) is 17.5. The van der Waals surface area contributed by atoms with Crippen LogP contribution < -0.4 is 20.9 Å². The van der Waals surface area contributed by atoms with Gasteiger partial charge in [0.1, 0.15) is 11.3 Å². The van der Waals surface area contributed by atoms with Crippen LogP contribution >= 0.6 is 18.9 Å². The van der Waals surface area contributed by atoms with Gasteiger partial charge < -0.3 is 15.3 Å². The molecule has 14 heteroatoms. The zero-order chi connectivity index (χ0) is 26.4. The predicted molar refractivity (Wildman–Crippen MR) is 144 cm³/mol. The molecule has 4 N–H and O–H groups in total. The zero-order valence-electron chi connectivity index (χ0n) is 19.2. The zero-order valence-corrected chi connectivity index (χ0v) is 21.7. The topological polar surface area (TPSA) is 163 Å². The van der Waals surface area contributed by atoms with Crippen LogP contribution in [0.3, 0.4) is 0 Å². The van der Waals surface area contributed by atoms with E-state index in [1.165, 1.54) is 34.2 Å². The van der Waals surface area contributed by atoms with Crippen LogP contribution in [0, 0.1) is 0 Å². The molecule has 0 bridgehead atoms. The van der Waals surface area contributed by atoms with Gasteiger partial charge in [-0.1, -0.05) is 36.4 Å². The van der Waals surface area contributed by atoms with Crippen LogP contribution in [0.1, 0.15) is 11.1 Å². The number of benzene rings is 2. The number of fused-ring (bicyclic) bond motifs is 1. The van der Waals surface area contributed by atoms with E-state index < -0.39 is 28.9 Å². The molecule has 5 rings (SSSR count). The maximum atomic E-state index is 13.5. The second-order valence-electron chi connectivity index (χ2n) is 8.22. The van der Waals surface area contributed by atoms with Crippen molar-refractivity contribution in [2.24, 2.45) is 4.76 Å². The van der Waals surface area contributed by atoms with Gasteiger partial charge in [-0.25, -0.2) is 13.1 Å². The van der Waals surface area contributed by atoms with E-state index in [4.69, 9.17) is 0 Å². The van der Waals surface area contributed by atoms with Crippen molar-refractivity contribution < 1.29 is 23.0 Å². The summed E-state index contributed by atoms with van der Waals surface area (Å²) in [4.78, 5) is 24.9. The van der Waals surface area contributed by atoms with Crippen molar-refractivity contribution in [3.05, 3.63) is 87.5 Å². The van der Waals surface area contributed by atoms with E-state index in [1.54, 1.807) is 17.5 Å². The molecule has 1 aliphatic rings. The van der Waals surface area contributed by atoms with Gasteiger partial charge in [-0.3, -0.25) is 14.1 Å². The standard InChI is InChI=1S/C23H20N5O6PS2/c1-37(33,34)27-15-9-10-16-17(12-15)35(31,32)26-22(24-16)19-21(29)20(18-8-5-11-36-18)25-28(23(19)30)13-14-6-3-2-4-7-14/h2-12,27,29H,13H2,1H3,(H2,24,26,31,32). The summed E-state index contributed by atoms with van der Waals surface area (Å²) < 4.78 is 43.7. The summed E-state index contributed by atoms with van der Waals surface area (Å²) in [6.07, 6.45) is 0.956. The lowest BCUT2D eigenvalue weighted by Gasteiger charge is -2.23. The van der Waals surface area contributed by atoms with E-state index in [2.05, 4.69) is 19.9 Å². The van der Waals surface area contributed by atoms with Gasteiger partial charge in [-0.05, 0) is 35.2 Å². The normalized spacial score (nSPS) is 17.0. The molecule has 1 atom stereocenters. The average Bonchev–Trinajstić information content (AvgIpc) is 3.35. The smallest absolute Gasteiger partial charge is 0.346 e. The second kappa shape index (κ2) is 9.27. The third-order valence-electron chi connectivity index (χ3n) is 5.40. The molecule has 37 heavy (non-hydrogen) atoms. The van der Waals surface area contributed by atoms with Crippen LogP contribution in [0.25, 0.3) is 10.6 Å². The maximum Gasteiger partial charge on any atom is 0.346 e. The summed E-state index contributed by atoms with van der Waals surface area (Å²) in [5.74, 6) is -0.784. The van der Waals surface area contributed by atoms with E-state index in [1.807, 2.05) is 30.3 Å². The van der Waals surface area contributed by atoms with Crippen LogP contribution in [0.2, 0.25) is 0 Å². The molecule has 0 aliphatic carbocycles. The number of aromatic hydroxyl groups is 1. The van der Waals surface area contributed by atoms with Gasteiger partial charge in [-0.15, -0.1) is 11.3 Å². The first kappa shape index (κ1) is 24.9. The number of aromatic nitrogens is 2. The Morgan fingerprint density at radius 1 is 1.14 bits per heavy atom. The van der Waals surface area contributed by atoms with Crippen LogP contribution in [0.15, 0.2) is 75.6 Å². The van der Waals surface area contributed by atoms with Gasteiger partial charge in [0.15, 0.2) is 11.6 Å². The van der Waals surface area contributed by atoms with Crippen molar-refractivity contribution in [1.82, 2.24) is 9.78 Å². The number of sulfonamides is 1. The quantitative estimate of drug-likeness (QED) is 0.263. The fraction of sp³-hybridized carbons (Fsp3) is 0.0870. The third kappa shape index (κ3) is 5.07.